The summed E-state index contributed by atoms with van der Waals surface area (Å²) in [4.78, 5) is 1.10. The van der Waals surface area contributed by atoms with E-state index in [1.165, 1.54) is 0 Å². The first-order valence-corrected chi connectivity index (χ1v) is 6.08. The van der Waals surface area contributed by atoms with Crippen LogP contribution in [0.5, 0.6) is 0 Å². The fourth-order valence-corrected chi connectivity index (χ4v) is 2.74. The van der Waals surface area contributed by atoms with Crippen LogP contribution in [0.4, 0.5) is 0 Å². The first-order chi connectivity index (χ1) is 7.22. The normalized spacial score (nSPS) is 10.6. The second-order valence-electron chi connectivity index (χ2n) is 3.12. The van der Waals surface area contributed by atoms with Gasteiger partial charge >= 0.3 is 0 Å². The van der Waals surface area contributed by atoms with Gasteiger partial charge in [-0.25, -0.2) is 0 Å². The molecule has 78 valence electrons. The summed E-state index contributed by atoms with van der Waals surface area (Å²) in [5.74, 6) is 0. The molecule has 0 saturated heterocycles. The van der Waals surface area contributed by atoms with Gasteiger partial charge in [-0.05, 0) is 23.1 Å². The molecule has 0 bridgehead atoms. The zero-order chi connectivity index (χ0) is 10.8. The molecule has 4 heteroatoms. The Balaban J connectivity index is 2.49. The summed E-state index contributed by atoms with van der Waals surface area (Å²) in [6.45, 7) is 0.550. The third-order valence-corrected chi connectivity index (χ3v) is 3.94. The summed E-state index contributed by atoms with van der Waals surface area (Å²) < 4.78 is 0. The van der Waals surface area contributed by atoms with Crippen LogP contribution in [-0.4, -0.2) is 0 Å². The minimum Gasteiger partial charge on any atom is -0.326 e. The van der Waals surface area contributed by atoms with E-state index in [2.05, 4.69) is 0 Å². The van der Waals surface area contributed by atoms with E-state index in [0.717, 1.165) is 16.0 Å². The van der Waals surface area contributed by atoms with E-state index in [1.807, 2.05) is 23.6 Å². The van der Waals surface area contributed by atoms with Crippen molar-refractivity contribution in [3.63, 3.8) is 0 Å². The molecule has 0 unspecified atom stereocenters. The van der Waals surface area contributed by atoms with Gasteiger partial charge in [0, 0.05) is 17.0 Å². The summed E-state index contributed by atoms with van der Waals surface area (Å²) in [5.41, 5.74) is 7.64. The summed E-state index contributed by atoms with van der Waals surface area (Å²) in [5, 5.41) is 3.22. The molecular weight excluding hydrogens is 249 g/mol. The topological polar surface area (TPSA) is 26.0 Å². The number of thiophene rings is 1. The fraction of sp³-hybridized carbons (Fsp3) is 0.0909. The Bertz CT molecular complexity index is 479. The average Bonchev–Trinajstić information content (AvgIpc) is 2.70. The molecule has 2 rings (SSSR count). The molecule has 2 aromatic rings. The number of benzene rings is 1. The Labute approximate surface area is 102 Å². The zero-order valence-corrected chi connectivity index (χ0v) is 10.2. The van der Waals surface area contributed by atoms with Crippen molar-refractivity contribution in [2.75, 3.05) is 0 Å². The lowest BCUT2D eigenvalue weighted by Crippen LogP contribution is -1.92. The second kappa shape index (κ2) is 4.54. The third kappa shape index (κ3) is 2.18. The van der Waals surface area contributed by atoms with Gasteiger partial charge in [0.1, 0.15) is 0 Å². The van der Waals surface area contributed by atoms with Gasteiger partial charge in [0.2, 0.25) is 0 Å². The molecule has 0 fully saturated rings. The smallest absolute Gasteiger partial charge is 0.0678 e. The molecule has 0 radical (unpaired) electrons. The van der Waals surface area contributed by atoms with Crippen LogP contribution < -0.4 is 5.73 Å². The molecule has 1 heterocycles. The quantitative estimate of drug-likeness (QED) is 0.859. The van der Waals surface area contributed by atoms with E-state index < -0.39 is 0 Å². The first-order valence-electron chi connectivity index (χ1n) is 4.44. The Morgan fingerprint density at radius 3 is 2.73 bits per heavy atom. The van der Waals surface area contributed by atoms with Crippen LogP contribution in [0.25, 0.3) is 10.4 Å². The zero-order valence-electron chi connectivity index (χ0n) is 7.84. The molecule has 1 aromatic carbocycles. The van der Waals surface area contributed by atoms with Gasteiger partial charge in [0.15, 0.2) is 0 Å². The summed E-state index contributed by atoms with van der Waals surface area (Å²) in [7, 11) is 0. The van der Waals surface area contributed by atoms with Crippen LogP contribution in [-0.2, 0) is 6.54 Å². The molecular formula is C11H9Cl2NS. The lowest BCUT2D eigenvalue weighted by atomic mass is 10.1. The van der Waals surface area contributed by atoms with Gasteiger partial charge in [-0.15, -0.1) is 11.3 Å². The van der Waals surface area contributed by atoms with Crippen molar-refractivity contribution in [2.24, 2.45) is 5.73 Å². The predicted octanol–water partition coefficient (Wildman–Crippen LogP) is 4.18. The van der Waals surface area contributed by atoms with Crippen LogP contribution >= 0.6 is 34.5 Å². The maximum absolute atomic E-state index is 6.12. The molecule has 15 heavy (non-hydrogen) atoms. The van der Waals surface area contributed by atoms with Crippen LogP contribution in [0.1, 0.15) is 5.56 Å². The first kappa shape index (κ1) is 11.0. The van der Waals surface area contributed by atoms with Gasteiger partial charge in [-0.3, -0.25) is 0 Å². The van der Waals surface area contributed by atoms with E-state index in [4.69, 9.17) is 28.9 Å². The Morgan fingerprint density at radius 1 is 1.27 bits per heavy atom. The van der Waals surface area contributed by atoms with Gasteiger partial charge in [-0.2, -0.15) is 0 Å². The molecule has 0 spiro atoms. The Morgan fingerprint density at radius 2 is 2.07 bits per heavy atom. The lowest BCUT2D eigenvalue weighted by Gasteiger charge is -2.02. The maximum atomic E-state index is 6.12. The molecule has 1 nitrogen and oxygen atoms in total. The van der Waals surface area contributed by atoms with E-state index in [1.54, 1.807) is 17.4 Å². The van der Waals surface area contributed by atoms with Crippen molar-refractivity contribution in [3.8, 4) is 10.4 Å². The van der Waals surface area contributed by atoms with Crippen LogP contribution in [0.15, 0.2) is 29.6 Å². The molecule has 0 atom stereocenters. The molecule has 0 amide bonds. The second-order valence-corrected chi connectivity index (χ2v) is 4.82. The molecule has 1 aromatic heterocycles. The van der Waals surface area contributed by atoms with E-state index in [9.17, 15) is 0 Å². The summed E-state index contributed by atoms with van der Waals surface area (Å²) in [6, 6.07) is 7.68. The van der Waals surface area contributed by atoms with Gasteiger partial charge < -0.3 is 5.73 Å². The molecule has 0 aliphatic heterocycles. The van der Waals surface area contributed by atoms with Crippen LogP contribution in [0.2, 0.25) is 10.0 Å². The van der Waals surface area contributed by atoms with E-state index in [0.29, 0.717) is 16.6 Å². The standard InChI is InChI=1S/C11H9Cl2NS/c12-9-3-1-2-8(11(9)13)10-4-7(5-14)6-15-10/h1-4,6H,5,14H2. The largest absolute Gasteiger partial charge is 0.326 e. The molecule has 0 aliphatic rings. The number of hydrogen-bond donors (Lipinski definition) is 1. The van der Waals surface area contributed by atoms with E-state index >= 15 is 0 Å². The SMILES string of the molecule is NCc1csc(-c2cccc(Cl)c2Cl)c1. The van der Waals surface area contributed by atoms with Crippen molar-refractivity contribution in [1.82, 2.24) is 0 Å². The molecule has 0 aliphatic carbocycles. The van der Waals surface area contributed by atoms with Gasteiger partial charge in [0.25, 0.3) is 0 Å². The van der Waals surface area contributed by atoms with Crippen molar-refractivity contribution >= 4 is 34.5 Å². The number of halogens is 2. The van der Waals surface area contributed by atoms with Crippen LogP contribution in [0, 0.1) is 0 Å². The van der Waals surface area contributed by atoms with Crippen molar-refractivity contribution < 1.29 is 0 Å². The molecule has 2 N–H and O–H groups in total. The summed E-state index contributed by atoms with van der Waals surface area (Å²) in [6.07, 6.45) is 0. The maximum Gasteiger partial charge on any atom is 0.0678 e. The minimum absolute atomic E-state index is 0.550. The molecule has 0 saturated carbocycles. The van der Waals surface area contributed by atoms with Gasteiger partial charge in [0.05, 0.1) is 10.0 Å². The number of hydrogen-bond acceptors (Lipinski definition) is 2. The highest BCUT2D eigenvalue weighted by atomic mass is 35.5. The lowest BCUT2D eigenvalue weighted by molar-refractivity contribution is 1.08. The fourth-order valence-electron chi connectivity index (χ4n) is 1.32. The predicted molar refractivity (Wildman–Crippen MR) is 67.7 cm³/mol. The number of nitrogens with two attached hydrogens (primary N) is 1. The Kier molecular flexibility index (Phi) is 3.32. The highest BCUT2D eigenvalue weighted by molar-refractivity contribution is 7.13. The van der Waals surface area contributed by atoms with Crippen molar-refractivity contribution in [2.45, 2.75) is 6.54 Å². The van der Waals surface area contributed by atoms with Crippen molar-refractivity contribution in [3.05, 3.63) is 45.3 Å². The highest BCUT2D eigenvalue weighted by Crippen LogP contribution is 2.36. The Hall–Kier alpha value is -0.540. The number of rotatable bonds is 2. The van der Waals surface area contributed by atoms with Crippen LogP contribution in [0.3, 0.4) is 0 Å². The summed E-state index contributed by atoms with van der Waals surface area (Å²) >= 11 is 13.7. The van der Waals surface area contributed by atoms with Crippen molar-refractivity contribution in [1.29, 1.82) is 0 Å². The third-order valence-electron chi connectivity index (χ3n) is 2.11. The monoisotopic (exact) mass is 257 g/mol. The van der Waals surface area contributed by atoms with Gasteiger partial charge in [-0.1, -0.05) is 35.3 Å². The average molecular weight is 258 g/mol. The highest BCUT2D eigenvalue weighted by Gasteiger charge is 2.08. The minimum atomic E-state index is 0.550. The van der Waals surface area contributed by atoms with E-state index in [-0.39, 0.29) is 0 Å².